The summed E-state index contributed by atoms with van der Waals surface area (Å²) in [7, 11) is 0. The predicted octanol–water partition coefficient (Wildman–Crippen LogP) is 4.08. The summed E-state index contributed by atoms with van der Waals surface area (Å²) in [4.78, 5) is 17.1. The standard InChI is InChI=1S/C21H31ClN2O2/c1-17-7-2-5-10-20(17)26-16-15-23-11-6-12-24(14-13-23)21(25)18-8-3-4-9-19(18)22/h3-4,8-9,17,20H,2,5-7,10-16H2,1H3. The van der Waals surface area contributed by atoms with Crippen molar-refractivity contribution in [2.45, 2.75) is 45.1 Å². The summed E-state index contributed by atoms with van der Waals surface area (Å²) in [5.41, 5.74) is 0.609. The fraction of sp³-hybridized carbons (Fsp3) is 0.667. The molecule has 1 aliphatic heterocycles. The number of nitrogens with zero attached hydrogens (tertiary/aromatic N) is 2. The molecular weight excluding hydrogens is 348 g/mol. The van der Waals surface area contributed by atoms with Crippen LogP contribution >= 0.6 is 11.6 Å². The van der Waals surface area contributed by atoms with Crippen LogP contribution in [0.1, 0.15) is 49.4 Å². The van der Waals surface area contributed by atoms with E-state index in [1.165, 1.54) is 25.7 Å². The number of hydrogen-bond acceptors (Lipinski definition) is 3. The van der Waals surface area contributed by atoms with Gasteiger partial charge in [0.25, 0.3) is 5.91 Å². The number of carbonyl (C=O) groups is 1. The average molecular weight is 379 g/mol. The summed E-state index contributed by atoms with van der Waals surface area (Å²) in [6.07, 6.45) is 6.60. The van der Waals surface area contributed by atoms with Crippen LogP contribution in [-0.4, -0.2) is 61.1 Å². The molecule has 2 unspecified atom stereocenters. The highest BCUT2D eigenvalue weighted by Crippen LogP contribution is 2.26. The summed E-state index contributed by atoms with van der Waals surface area (Å²) >= 11 is 6.19. The van der Waals surface area contributed by atoms with Crippen LogP contribution in [0.5, 0.6) is 0 Å². The number of benzene rings is 1. The molecule has 1 aromatic carbocycles. The lowest BCUT2D eigenvalue weighted by atomic mass is 9.88. The van der Waals surface area contributed by atoms with Gasteiger partial charge in [-0.15, -0.1) is 0 Å². The van der Waals surface area contributed by atoms with Gasteiger partial charge in [-0.05, 0) is 43.9 Å². The van der Waals surface area contributed by atoms with Gasteiger partial charge in [0.1, 0.15) is 0 Å². The Hall–Kier alpha value is -1.10. The summed E-state index contributed by atoms with van der Waals surface area (Å²) in [6, 6.07) is 7.32. The largest absolute Gasteiger partial charge is 0.377 e. The minimum atomic E-state index is 0.0460. The lowest BCUT2D eigenvalue weighted by Crippen LogP contribution is -2.37. The summed E-state index contributed by atoms with van der Waals surface area (Å²) in [6.45, 7) is 7.54. The van der Waals surface area contributed by atoms with Crippen LogP contribution in [0.15, 0.2) is 24.3 Å². The smallest absolute Gasteiger partial charge is 0.255 e. The van der Waals surface area contributed by atoms with Crippen LogP contribution < -0.4 is 0 Å². The number of ether oxygens (including phenoxy) is 1. The van der Waals surface area contributed by atoms with Gasteiger partial charge in [-0.1, -0.05) is 43.5 Å². The summed E-state index contributed by atoms with van der Waals surface area (Å²) in [5, 5.41) is 0.536. The van der Waals surface area contributed by atoms with Gasteiger partial charge in [-0.3, -0.25) is 9.69 Å². The number of carbonyl (C=O) groups excluding carboxylic acids is 1. The molecule has 0 aromatic heterocycles. The molecule has 5 heteroatoms. The highest BCUT2D eigenvalue weighted by Gasteiger charge is 2.23. The molecule has 3 rings (SSSR count). The first-order chi connectivity index (χ1) is 12.6. The molecule has 26 heavy (non-hydrogen) atoms. The van der Waals surface area contributed by atoms with E-state index in [1.54, 1.807) is 6.07 Å². The van der Waals surface area contributed by atoms with Gasteiger partial charge in [0, 0.05) is 26.2 Å². The molecule has 4 nitrogen and oxygen atoms in total. The van der Waals surface area contributed by atoms with E-state index in [-0.39, 0.29) is 5.91 Å². The monoisotopic (exact) mass is 378 g/mol. The van der Waals surface area contributed by atoms with Crippen molar-refractivity contribution in [1.82, 2.24) is 9.80 Å². The number of rotatable bonds is 5. The molecule has 0 spiro atoms. The lowest BCUT2D eigenvalue weighted by molar-refractivity contribution is -0.0134. The zero-order valence-electron chi connectivity index (χ0n) is 15.8. The molecule has 1 aliphatic carbocycles. The Balaban J connectivity index is 1.44. The van der Waals surface area contributed by atoms with E-state index >= 15 is 0 Å². The van der Waals surface area contributed by atoms with Crippen LogP contribution in [-0.2, 0) is 4.74 Å². The maximum Gasteiger partial charge on any atom is 0.255 e. The fourth-order valence-corrected chi connectivity index (χ4v) is 4.28. The molecule has 0 bridgehead atoms. The van der Waals surface area contributed by atoms with Crippen molar-refractivity contribution in [3.8, 4) is 0 Å². The predicted molar refractivity (Wildman–Crippen MR) is 106 cm³/mol. The van der Waals surface area contributed by atoms with Crippen molar-refractivity contribution in [1.29, 1.82) is 0 Å². The molecule has 2 aliphatic rings. The van der Waals surface area contributed by atoms with Gasteiger partial charge in [-0.25, -0.2) is 0 Å². The number of amides is 1. The van der Waals surface area contributed by atoms with Crippen molar-refractivity contribution < 1.29 is 9.53 Å². The van der Waals surface area contributed by atoms with Crippen LogP contribution in [0.2, 0.25) is 5.02 Å². The number of hydrogen-bond donors (Lipinski definition) is 0. The van der Waals surface area contributed by atoms with E-state index < -0.39 is 0 Å². The molecule has 1 saturated carbocycles. The van der Waals surface area contributed by atoms with E-state index in [2.05, 4.69) is 11.8 Å². The zero-order valence-corrected chi connectivity index (χ0v) is 16.6. The number of halogens is 1. The first-order valence-corrected chi connectivity index (χ1v) is 10.4. The Morgan fingerprint density at radius 2 is 1.92 bits per heavy atom. The fourth-order valence-electron chi connectivity index (χ4n) is 4.07. The quantitative estimate of drug-likeness (QED) is 0.773. The van der Waals surface area contributed by atoms with Crippen molar-refractivity contribution in [3.05, 3.63) is 34.9 Å². The summed E-state index contributed by atoms with van der Waals surface area (Å²) < 4.78 is 6.16. The van der Waals surface area contributed by atoms with Crippen LogP contribution in [0.4, 0.5) is 0 Å². The van der Waals surface area contributed by atoms with Gasteiger partial charge in [-0.2, -0.15) is 0 Å². The second-order valence-electron chi connectivity index (χ2n) is 7.64. The van der Waals surface area contributed by atoms with Crippen molar-refractivity contribution in [2.75, 3.05) is 39.3 Å². The molecule has 144 valence electrons. The molecule has 0 radical (unpaired) electrons. The molecule has 1 heterocycles. The van der Waals surface area contributed by atoms with Gasteiger partial charge in [0.15, 0.2) is 0 Å². The Morgan fingerprint density at radius 3 is 2.73 bits per heavy atom. The highest BCUT2D eigenvalue weighted by molar-refractivity contribution is 6.33. The van der Waals surface area contributed by atoms with E-state index in [4.69, 9.17) is 16.3 Å². The molecule has 1 aromatic rings. The van der Waals surface area contributed by atoms with Crippen molar-refractivity contribution >= 4 is 17.5 Å². The molecule has 1 amide bonds. The lowest BCUT2D eigenvalue weighted by Gasteiger charge is -2.30. The zero-order chi connectivity index (χ0) is 18.4. The molecular formula is C21H31ClN2O2. The molecule has 0 N–H and O–H groups in total. The van der Waals surface area contributed by atoms with Crippen LogP contribution in [0, 0.1) is 5.92 Å². The minimum absolute atomic E-state index is 0.0460. The second-order valence-corrected chi connectivity index (χ2v) is 8.05. The average Bonchev–Trinajstić information content (AvgIpc) is 2.89. The first-order valence-electron chi connectivity index (χ1n) is 10.0. The van der Waals surface area contributed by atoms with Gasteiger partial charge in [0.2, 0.25) is 0 Å². The van der Waals surface area contributed by atoms with E-state index in [1.807, 2.05) is 23.1 Å². The molecule has 2 atom stereocenters. The Bertz CT molecular complexity index is 595. The third kappa shape index (κ3) is 5.21. The Morgan fingerprint density at radius 1 is 1.12 bits per heavy atom. The van der Waals surface area contributed by atoms with Crippen molar-refractivity contribution in [3.63, 3.8) is 0 Å². The third-order valence-corrected chi connectivity index (χ3v) is 6.08. The molecule has 2 fully saturated rings. The van der Waals surface area contributed by atoms with E-state index in [9.17, 15) is 4.79 Å². The first kappa shape index (κ1) is 19.7. The maximum atomic E-state index is 12.7. The van der Waals surface area contributed by atoms with Gasteiger partial charge >= 0.3 is 0 Å². The minimum Gasteiger partial charge on any atom is -0.377 e. The SMILES string of the molecule is CC1CCCCC1OCCN1CCCN(C(=O)c2ccccc2Cl)CC1. The van der Waals surface area contributed by atoms with E-state index in [0.29, 0.717) is 22.6 Å². The maximum absolute atomic E-state index is 12.7. The Kier molecular flexibility index (Phi) is 7.35. The van der Waals surface area contributed by atoms with E-state index in [0.717, 1.165) is 45.8 Å². The topological polar surface area (TPSA) is 32.8 Å². The van der Waals surface area contributed by atoms with Crippen molar-refractivity contribution in [2.24, 2.45) is 5.92 Å². The Labute approximate surface area is 162 Å². The summed E-state index contributed by atoms with van der Waals surface area (Å²) in [5.74, 6) is 0.737. The molecule has 1 saturated heterocycles. The van der Waals surface area contributed by atoms with Crippen LogP contribution in [0.3, 0.4) is 0 Å². The highest BCUT2D eigenvalue weighted by atomic mass is 35.5. The second kappa shape index (κ2) is 9.72. The third-order valence-electron chi connectivity index (χ3n) is 5.75. The van der Waals surface area contributed by atoms with Crippen LogP contribution in [0.25, 0.3) is 0 Å². The van der Waals surface area contributed by atoms with Gasteiger partial charge < -0.3 is 9.64 Å². The normalized spacial score (nSPS) is 25.1. The van der Waals surface area contributed by atoms with Gasteiger partial charge in [0.05, 0.1) is 23.3 Å².